The summed E-state index contributed by atoms with van der Waals surface area (Å²) >= 11 is 0. The number of aryl methyl sites for hydroxylation is 2. The fourth-order valence-electron chi connectivity index (χ4n) is 4.57. The van der Waals surface area contributed by atoms with Crippen LogP contribution in [-0.2, 0) is 17.1 Å². The van der Waals surface area contributed by atoms with Gasteiger partial charge in [0, 0.05) is 62.4 Å². The highest BCUT2D eigenvalue weighted by Gasteiger charge is 2.37. The van der Waals surface area contributed by atoms with Crippen molar-refractivity contribution >= 4 is 27.6 Å². The van der Waals surface area contributed by atoms with Crippen LogP contribution < -0.4 is 5.32 Å². The molecule has 11 heteroatoms. The average Bonchev–Trinajstić information content (AvgIpc) is 3.28. The normalized spacial score (nSPS) is 17.4. The van der Waals surface area contributed by atoms with Crippen molar-refractivity contribution in [3.8, 4) is 0 Å². The van der Waals surface area contributed by atoms with Gasteiger partial charge in [-0.05, 0) is 60.4 Å². The summed E-state index contributed by atoms with van der Waals surface area (Å²) in [6, 6.07) is 9.76. The van der Waals surface area contributed by atoms with Gasteiger partial charge in [0.1, 0.15) is 12.1 Å². The van der Waals surface area contributed by atoms with Crippen molar-refractivity contribution in [3.05, 3.63) is 65.2 Å². The zero-order chi connectivity index (χ0) is 26.0. The van der Waals surface area contributed by atoms with Crippen LogP contribution in [0, 0.1) is 24.1 Å². The Hall–Kier alpha value is -3.15. The monoisotopic (exact) mass is 513 g/mol. The number of aromatic nitrogens is 3. The van der Waals surface area contributed by atoms with E-state index in [2.05, 4.69) is 34.1 Å². The Morgan fingerprint density at radius 3 is 2.56 bits per heavy atom. The van der Waals surface area contributed by atoms with Crippen molar-refractivity contribution in [1.29, 1.82) is 5.41 Å². The van der Waals surface area contributed by atoms with E-state index < -0.39 is 10.0 Å². The molecule has 0 unspecified atom stereocenters. The van der Waals surface area contributed by atoms with E-state index in [0.29, 0.717) is 30.3 Å². The minimum absolute atomic E-state index is 0.196. The second kappa shape index (κ2) is 10.5. The minimum atomic E-state index is -3.84. The summed E-state index contributed by atoms with van der Waals surface area (Å²) in [5, 5.41) is 15.1. The lowest BCUT2D eigenvalue weighted by Gasteiger charge is -2.42. The number of rotatable bonds is 8. The predicted octanol–water partition coefficient (Wildman–Crippen LogP) is 3.71. The van der Waals surface area contributed by atoms with Crippen LogP contribution in [0.4, 0.5) is 15.8 Å². The van der Waals surface area contributed by atoms with Gasteiger partial charge in [0.15, 0.2) is 0 Å². The van der Waals surface area contributed by atoms with Crippen molar-refractivity contribution in [1.82, 2.24) is 24.0 Å². The molecule has 1 fully saturated rings. The van der Waals surface area contributed by atoms with Crippen molar-refractivity contribution in [2.75, 3.05) is 31.5 Å². The van der Waals surface area contributed by atoms with E-state index in [9.17, 15) is 12.8 Å². The molecule has 9 nitrogen and oxygen atoms in total. The number of hydrogen-bond acceptors (Lipinski definition) is 7. The molecule has 1 aliphatic rings. The molecule has 1 aromatic heterocycles. The first-order valence-corrected chi connectivity index (χ1v) is 13.3. The standard InChI is InChI=1S/C25H32FN7O2S/c1-17(2)14-32-9-10-33(36(34,35)25-28-16-31(4)30-25)15-24(32)22-12-19(13-27)23(11-18(22)3)29-21-7-5-20(26)6-8-21/h5-8,11-13,16-17,24,27,29H,9-10,14-15H2,1-4H3/t24-/m1/s1. The van der Waals surface area contributed by atoms with Gasteiger partial charge in [0.25, 0.3) is 15.2 Å². The summed E-state index contributed by atoms with van der Waals surface area (Å²) in [6.07, 6.45) is 2.66. The van der Waals surface area contributed by atoms with Gasteiger partial charge >= 0.3 is 0 Å². The fraction of sp³-hybridized carbons (Fsp3) is 0.400. The lowest BCUT2D eigenvalue weighted by atomic mass is 9.94. The summed E-state index contributed by atoms with van der Waals surface area (Å²) in [5.41, 5.74) is 4.04. The molecule has 1 aliphatic heterocycles. The maximum Gasteiger partial charge on any atom is 0.282 e. The van der Waals surface area contributed by atoms with Gasteiger partial charge < -0.3 is 10.7 Å². The number of nitrogens with one attached hydrogen (secondary N) is 2. The van der Waals surface area contributed by atoms with Gasteiger partial charge in [-0.3, -0.25) is 9.58 Å². The number of hydrogen-bond donors (Lipinski definition) is 2. The molecule has 2 heterocycles. The molecule has 2 aromatic carbocycles. The highest BCUT2D eigenvalue weighted by Crippen LogP contribution is 2.34. The molecular formula is C25H32FN7O2S. The molecule has 0 radical (unpaired) electrons. The molecule has 192 valence electrons. The molecule has 0 aliphatic carbocycles. The summed E-state index contributed by atoms with van der Waals surface area (Å²) < 4.78 is 42.7. The first-order chi connectivity index (χ1) is 17.1. The maximum absolute atomic E-state index is 13.3. The van der Waals surface area contributed by atoms with Crippen LogP contribution in [0.1, 0.15) is 36.6 Å². The minimum Gasteiger partial charge on any atom is -0.355 e. The van der Waals surface area contributed by atoms with Crippen LogP contribution in [-0.4, -0.2) is 64.8 Å². The van der Waals surface area contributed by atoms with Crippen LogP contribution in [0.2, 0.25) is 0 Å². The Bertz CT molecular complexity index is 1340. The van der Waals surface area contributed by atoms with Crippen molar-refractivity contribution in [3.63, 3.8) is 0 Å². The van der Waals surface area contributed by atoms with E-state index in [-0.39, 0.29) is 23.6 Å². The van der Waals surface area contributed by atoms with E-state index >= 15 is 0 Å². The third kappa shape index (κ3) is 5.48. The zero-order valence-electron chi connectivity index (χ0n) is 20.9. The maximum atomic E-state index is 13.3. The molecule has 4 rings (SSSR count). The Morgan fingerprint density at radius 2 is 1.94 bits per heavy atom. The Labute approximate surface area is 211 Å². The quantitative estimate of drug-likeness (QED) is 0.445. The zero-order valence-corrected chi connectivity index (χ0v) is 21.8. The molecule has 0 saturated carbocycles. The molecule has 0 bridgehead atoms. The lowest BCUT2D eigenvalue weighted by Crippen LogP contribution is -2.51. The van der Waals surface area contributed by atoms with Crippen LogP contribution in [0.3, 0.4) is 0 Å². The third-order valence-electron chi connectivity index (χ3n) is 6.28. The Morgan fingerprint density at radius 1 is 1.22 bits per heavy atom. The van der Waals surface area contributed by atoms with Crippen LogP contribution in [0.15, 0.2) is 47.9 Å². The summed E-state index contributed by atoms with van der Waals surface area (Å²) in [5.74, 6) is 0.0809. The van der Waals surface area contributed by atoms with E-state index in [0.717, 1.165) is 23.4 Å². The van der Waals surface area contributed by atoms with Gasteiger partial charge in [-0.2, -0.15) is 4.31 Å². The Kier molecular flexibility index (Phi) is 7.53. The smallest absolute Gasteiger partial charge is 0.282 e. The topological polar surface area (TPSA) is 107 Å². The first kappa shape index (κ1) is 25.9. The molecular weight excluding hydrogens is 481 g/mol. The van der Waals surface area contributed by atoms with Gasteiger partial charge in [0.05, 0.1) is 0 Å². The second-order valence-corrected chi connectivity index (χ2v) is 11.4. The average molecular weight is 514 g/mol. The Balaban J connectivity index is 1.69. The lowest BCUT2D eigenvalue weighted by molar-refractivity contribution is 0.104. The van der Waals surface area contributed by atoms with Crippen LogP contribution >= 0.6 is 0 Å². The molecule has 36 heavy (non-hydrogen) atoms. The van der Waals surface area contributed by atoms with Gasteiger partial charge in [-0.25, -0.2) is 17.8 Å². The number of halogens is 1. The highest BCUT2D eigenvalue weighted by molar-refractivity contribution is 7.88. The van der Waals surface area contributed by atoms with E-state index in [1.807, 2.05) is 19.1 Å². The highest BCUT2D eigenvalue weighted by atomic mass is 32.2. The summed E-state index contributed by atoms with van der Waals surface area (Å²) in [4.78, 5) is 6.29. The van der Waals surface area contributed by atoms with Crippen LogP contribution in [0.5, 0.6) is 0 Å². The number of anilines is 2. The number of benzene rings is 2. The van der Waals surface area contributed by atoms with E-state index in [1.54, 1.807) is 19.2 Å². The predicted molar refractivity (Wildman–Crippen MR) is 138 cm³/mol. The van der Waals surface area contributed by atoms with Gasteiger partial charge in [-0.1, -0.05) is 13.8 Å². The molecule has 0 amide bonds. The molecule has 1 atom stereocenters. The van der Waals surface area contributed by atoms with E-state index in [1.165, 1.54) is 33.7 Å². The third-order valence-corrected chi connectivity index (χ3v) is 7.94. The summed E-state index contributed by atoms with van der Waals surface area (Å²) in [7, 11) is -2.20. The van der Waals surface area contributed by atoms with Gasteiger partial charge in [-0.15, -0.1) is 5.10 Å². The number of nitrogens with zero attached hydrogens (tertiary/aromatic N) is 5. The fourth-order valence-corrected chi connectivity index (χ4v) is 5.87. The number of piperazine rings is 1. The molecule has 2 N–H and O–H groups in total. The molecule has 1 saturated heterocycles. The summed E-state index contributed by atoms with van der Waals surface area (Å²) in [6.45, 7) is 8.27. The van der Waals surface area contributed by atoms with Crippen LogP contribution in [0.25, 0.3) is 0 Å². The SMILES string of the molecule is Cc1cc(Nc2ccc(F)cc2)c(C=N)cc1[C@H]1CN(S(=O)(=O)c2ncn(C)n2)CCN1CC(C)C. The number of sulfonamides is 1. The van der Waals surface area contributed by atoms with Crippen molar-refractivity contribution < 1.29 is 12.8 Å². The second-order valence-electron chi connectivity index (χ2n) is 9.54. The largest absolute Gasteiger partial charge is 0.355 e. The molecule has 0 spiro atoms. The van der Waals surface area contributed by atoms with Gasteiger partial charge in [0.2, 0.25) is 0 Å². The molecule has 3 aromatic rings. The van der Waals surface area contributed by atoms with E-state index in [4.69, 9.17) is 5.41 Å². The first-order valence-electron chi connectivity index (χ1n) is 11.9. The van der Waals surface area contributed by atoms with Crippen molar-refractivity contribution in [2.45, 2.75) is 32.0 Å². The van der Waals surface area contributed by atoms with Crippen molar-refractivity contribution in [2.24, 2.45) is 13.0 Å².